The molecule has 0 aliphatic carbocycles. The number of benzene rings is 2. The second-order valence-corrected chi connectivity index (χ2v) is 7.38. The Labute approximate surface area is 191 Å². The molecule has 4 rings (SSSR count). The normalized spacial score (nSPS) is 11.9. The molecule has 0 fully saturated rings. The summed E-state index contributed by atoms with van der Waals surface area (Å²) >= 11 is 6.33. The van der Waals surface area contributed by atoms with Crippen LogP contribution in [0.2, 0.25) is 5.02 Å². The van der Waals surface area contributed by atoms with Crippen molar-refractivity contribution in [2.75, 3.05) is 11.9 Å². The number of hydrogen-bond acceptors (Lipinski definition) is 5. The van der Waals surface area contributed by atoms with E-state index in [0.717, 1.165) is 23.2 Å². The highest BCUT2D eigenvalue weighted by atomic mass is 35.5. The number of hydrogen-bond donors (Lipinski definition) is 2. The van der Waals surface area contributed by atoms with Gasteiger partial charge in [0.15, 0.2) is 5.82 Å². The molecule has 0 radical (unpaired) electrons. The molecule has 2 aromatic carbocycles. The summed E-state index contributed by atoms with van der Waals surface area (Å²) in [5.41, 5.74) is 1.30. The minimum Gasteiger partial charge on any atom is -0.456 e. The molecule has 6 nitrogen and oxygen atoms in total. The molecule has 170 valence electrons. The Bertz CT molecular complexity index is 1300. The van der Waals surface area contributed by atoms with Crippen molar-refractivity contribution in [2.24, 2.45) is 0 Å². The minimum absolute atomic E-state index is 0.0266. The number of allylic oxidation sites excluding steroid dienone is 1. The summed E-state index contributed by atoms with van der Waals surface area (Å²) in [7, 11) is 0. The van der Waals surface area contributed by atoms with E-state index in [1.165, 1.54) is 18.5 Å². The van der Waals surface area contributed by atoms with Gasteiger partial charge in [-0.15, -0.1) is 0 Å². The third-order valence-corrected chi connectivity index (χ3v) is 5.00. The lowest BCUT2D eigenvalue weighted by Gasteiger charge is -2.13. The van der Waals surface area contributed by atoms with Crippen molar-refractivity contribution in [1.82, 2.24) is 14.5 Å². The van der Waals surface area contributed by atoms with Crippen LogP contribution in [-0.4, -0.2) is 26.2 Å². The fourth-order valence-electron chi connectivity index (χ4n) is 3.20. The summed E-state index contributed by atoms with van der Waals surface area (Å²) in [6.07, 6.45) is 2.31. The lowest BCUT2D eigenvalue weighted by molar-refractivity contribution is -0.137. The van der Waals surface area contributed by atoms with Crippen molar-refractivity contribution in [3.63, 3.8) is 0 Å². The van der Waals surface area contributed by atoms with Crippen LogP contribution in [-0.2, 0) is 12.7 Å². The molecule has 0 amide bonds. The highest BCUT2D eigenvalue weighted by Crippen LogP contribution is 2.36. The first-order valence-electron chi connectivity index (χ1n) is 9.82. The van der Waals surface area contributed by atoms with Gasteiger partial charge in [-0.05, 0) is 42.5 Å². The van der Waals surface area contributed by atoms with E-state index in [9.17, 15) is 13.2 Å². The van der Waals surface area contributed by atoms with Crippen LogP contribution in [0.1, 0.15) is 5.56 Å². The first-order valence-corrected chi connectivity index (χ1v) is 10.2. The van der Waals surface area contributed by atoms with E-state index < -0.39 is 11.7 Å². The van der Waals surface area contributed by atoms with Crippen molar-refractivity contribution in [2.45, 2.75) is 12.7 Å². The molecule has 2 N–H and O–H groups in total. The molecule has 0 saturated heterocycles. The van der Waals surface area contributed by atoms with Gasteiger partial charge >= 0.3 is 6.18 Å². The van der Waals surface area contributed by atoms with Gasteiger partial charge < -0.3 is 19.7 Å². The predicted molar refractivity (Wildman–Crippen MR) is 120 cm³/mol. The number of anilines is 2. The molecule has 2 aromatic heterocycles. The van der Waals surface area contributed by atoms with E-state index in [-0.39, 0.29) is 23.1 Å². The summed E-state index contributed by atoms with van der Waals surface area (Å²) in [6, 6.07) is 11.3. The van der Waals surface area contributed by atoms with E-state index in [1.54, 1.807) is 24.3 Å². The number of ether oxygens (including phenoxy) is 1. The van der Waals surface area contributed by atoms with Crippen LogP contribution in [0.4, 0.5) is 24.7 Å². The van der Waals surface area contributed by atoms with Gasteiger partial charge in [0.2, 0.25) is 0 Å². The number of fused-ring (bicyclic) bond motifs is 1. The smallest absolute Gasteiger partial charge is 0.416 e. The maximum absolute atomic E-state index is 12.9. The molecular formula is C23H18ClF3N4O2. The van der Waals surface area contributed by atoms with Crippen molar-refractivity contribution < 1.29 is 23.0 Å². The summed E-state index contributed by atoms with van der Waals surface area (Å²) in [4.78, 5) is 8.58. The van der Waals surface area contributed by atoms with E-state index in [1.807, 2.05) is 22.9 Å². The number of aliphatic hydroxyl groups excluding tert-OH is 1. The van der Waals surface area contributed by atoms with E-state index in [2.05, 4.69) is 15.3 Å². The molecule has 10 heteroatoms. The molecule has 0 atom stereocenters. The Morgan fingerprint density at radius 3 is 2.70 bits per heavy atom. The van der Waals surface area contributed by atoms with Crippen LogP contribution >= 0.6 is 11.6 Å². The molecule has 33 heavy (non-hydrogen) atoms. The van der Waals surface area contributed by atoms with Gasteiger partial charge in [-0.3, -0.25) is 0 Å². The lowest BCUT2D eigenvalue weighted by Crippen LogP contribution is -2.04. The van der Waals surface area contributed by atoms with Gasteiger partial charge in [0, 0.05) is 18.4 Å². The average molecular weight is 475 g/mol. The van der Waals surface area contributed by atoms with Crippen LogP contribution < -0.4 is 10.1 Å². The van der Waals surface area contributed by atoms with Crippen LogP contribution in [0.3, 0.4) is 0 Å². The lowest BCUT2D eigenvalue weighted by atomic mass is 10.2. The zero-order valence-electron chi connectivity index (χ0n) is 17.1. The predicted octanol–water partition coefficient (Wildman–Crippen LogP) is 6.19. The molecule has 0 spiro atoms. The molecular weight excluding hydrogens is 457 g/mol. The quantitative estimate of drug-likeness (QED) is 0.312. The first-order chi connectivity index (χ1) is 15.8. The summed E-state index contributed by atoms with van der Waals surface area (Å²) < 4.78 is 46.3. The number of alkyl halides is 3. The summed E-state index contributed by atoms with van der Waals surface area (Å²) in [5.74, 6) is 0.788. The van der Waals surface area contributed by atoms with Gasteiger partial charge in [0.05, 0.1) is 22.7 Å². The topological polar surface area (TPSA) is 72.2 Å². The Balaban J connectivity index is 1.57. The molecule has 0 aliphatic rings. The molecule has 0 aliphatic heterocycles. The maximum atomic E-state index is 12.9. The van der Waals surface area contributed by atoms with Crippen LogP contribution in [0, 0.1) is 0 Å². The molecule has 0 saturated carbocycles. The standard InChI is InChI=1S/C23H18ClF3N4O2/c24-18-13-16(6-7-20(18)33-17-5-3-4-15(12-17)23(25,26)27)30-22-21-19(28-14-29-22)8-10-31(21)9-1-2-11-32/h1-8,10,12-14,32H,9,11H2,(H,28,29,30)/b2-1+. The number of nitrogens with zero attached hydrogens (tertiary/aromatic N) is 3. The van der Waals surface area contributed by atoms with E-state index in [4.69, 9.17) is 21.4 Å². The van der Waals surface area contributed by atoms with Gasteiger partial charge in [-0.2, -0.15) is 13.2 Å². The zero-order valence-corrected chi connectivity index (χ0v) is 17.8. The largest absolute Gasteiger partial charge is 0.456 e. The van der Waals surface area contributed by atoms with Gasteiger partial charge in [-0.1, -0.05) is 29.8 Å². The third-order valence-electron chi connectivity index (χ3n) is 4.71. The van der Waals surface area contributed by atoms with Crippen LogP contribution in [0.5, 0.6) is 11.5 Å². The van der Waals surface area contributed by atoms with Gasteiger partial charge in [0.1, 0.15) is 23.3 Å². The number of aliphatic hydroxyl groups is 1. The van der Waals surface area contributed by atoms with Crippen molar-refractivity contribution in [3.05, 3.63) is 83.8 Å². The monoisotopic (exact) mass is 474 g/mol. The molecule has 2 heterocycles. The third kappa shape index (κ3) is 5.27. The Morgan fingerprint density at radius 2 is 1.94 bits per heavy atom. The minimum atomic E-state index is -4.47. The van der Waals surface area contributed by atoms with Crippen molar-refractivity contribution in [1.29, 1.82) is 0 Å². The van der Waals surface area contributed by atoms with E-state index >= 15 is 0 Å². The highest BCUT2D eigenvalue weighted by molar-refractivity contribution is 6.32. The average Bonchev–Trinajstić information content (AvgIpc) is 3.20. The first kappa shape index (κ1) is 22.6. The Kier molecular flexibility index (Phi) is 6.52. The number of halogens is 4. The summed E-state index contributed by atoms with van der Waals surface area (Å²) in [6.45, 7) is 0.477. The molecule has 0 bridgehead atoms. The van der Waals surface area contributed by atoms with Gasteiger partial charge in [-0.25, -0.2) is 9.97 Å². The van der Waals surface area contributed by atoms with Crippen molar-refractivity contribution >= 4 is 34.1 Å². The second kappa shape index (κ2) is 9.51. The SMILES string of the molecule is OC/C=C/Cn1ccc2ncnc(Nc3ccc(Oc4cccc(C(F)(F)F)c4)c(Cl)c3)c21. The Morgan fingerprint density at radius 1 is 1.09 bits per heavy atom. The summed E-state index contributed by atoms with van der Waals surface area (Å²) in [5, 5.41) is 12.3. The van der Waals surface area contributed by atoms with Crippen LogP contribution in [0.25, 0.3) is 11.0 Å². The highest BCUT2D eigenvalue weighted by Gasteiger charge is 2.30. The molecule has 0 unspecified atom stereocenters. The van der Waals surface area contributed by atoms with Crippen molar-refractivity contribution in [3.8, 4) is 11.5 Å². The van der Waals surface area contributed by atoms with Gasteiger partial charge in [0.25, 0.3) is 0 Å². The number of nitrogens with one attached hydrogen (secondary N) is 1. The zero-order chi connectivity index (χ0) is 23.4. The fraction of sp³-hybridized carbons (Fsp3) is 0.130. The molecule has 4 aromatic rings. The van der Waals surface area contributed by atoms with Crippen LogP contribution in [0.15, 0.2) is 73.2 Å². The maximum Gasteiger partial charge on any atom is 0.416 e. The van der Waals surface area contributed by atoms with E-state index in [0.29, 0.717) is 18.1 Å². The number of aromatic nitrogens is 3. The fourth-order valence-corrected chi connectivity index (χ4v) is 3.42. The number of rotatable bonds is 7. The Hall–Kier alpha value is -3.56. The second-order valence-electron chi connectivity index (χ2n) is 6.98.